The summed E-state index contributed by atoms with van der Waals surface area (Å²) < 4.78 is 10.1. The molecule has 0 amide bonds. The molecule has 3 rings (SSSR count). The summed E-state index contributed by atoms with van der Waals surface area (Å²) in [6.45, 7) is 6.94. The number of anilines is 1. The number of methoxy groups -OCH3 is 1. The largest absolute Gasteiger partial charge is 0.465 e. The van der Waals surface area contributed by atoms with E-state index in [1.54, 1.807) is 12.4 Å². The van der Waals surface area contributed by atoms with Gasteiger partial charge in [-0.1, -0.05) is 0 Å². The molecular weight excluding hydrogens is 270 g/mol. The summed E-state index contributed by atoms with van der Waals surface area (Å²) in [5.41, 5.74) is 1.50. The highest BCUT2D eigenvalue weighted by molar-refractivity contribution is 5.90. The maximum Gasteiger partial charge on any atom is 0.339 e. The minimum Gasteiger partial charge on any atom is -0.465 e. The monoisotopic (exact) mass is 291 g/mol. The third kappa shape index (κ3) is 3.33. The van der Waals surface area contributed by atoms with Crippen LogP contribution in [-0.2, 0) is 9.47 Å². The number of ether oxygens (including phenoxy) is 2. The van der Waals surface area contributed by atoms with E-state index in [1.165, 1.54) is 7.11 Å². The maximum absolute atomic E-state index is 11.5. The Bertz CT molecular complexity index is 497. The van der Waals surface area contributed by atoms with Gasteiger partial charge in [0.1, 0.15) is 0 Å². The molecule has 0 atom stereocenters. The van der Waals surface area contributed by atoms with Gasteiger partial charge in [0.15, 0.2) is 0 Å². The van der Waals surface area contributed by atoms with Crippen molar-refractivity contribution in [3.63, 3.8) is 0 Å². The lowest BCUT2D eigenvalue weighted by Crippen LogP contribution is -2.53. The predicted octanol–water partition coefficient (Wildman–Crippen LogP) is 0.637. The Morgan fingerprint density at radius 2 is 2.14 bits per heavy atom. The van der Waals surface area contributed by atoms with E-state index < -0.39 is 0 Å². The van der Waals surface area contributed by atoms with Crippen LogP contribution in [0.2, 0.25) is 0 Å². The molecule has 0 spiro atoms. The van der Waals surface area contributed by atoms with E-state index in [1.807, 2.05) is 6.07 Å². The van der Waals surface area contributed by atoms with Gasteiger partial charge in [0.25, 0.3) is 0 Å². The van der Waals surface area contributed by atoms with Gasteiger partial charge in [-0.05, 0) is 6.07 Å². The number of hydrogen-bond donors (Lipinski definition) is 0. The first-order valence-corrected chi connectivity index (χ1v) is 7.34. The average molecular weight is 291 g/mol. The molecule has 6 nitrogen and oxygen atoms in total. The van der Waals surface area contributed by atoms with E-state index in [-0.39, 0.29) is 5.97 Å². The molecule has 0 aromatic carbocycles. The van der Waals surface area contributed by atoms with Crippen molar-refractivity contribution in [2.24, 2.45) is 5.92 Å². The lowest BCUT2D eigenvalue weighted by atomic mass is 9.98. The summed E-state index contributed by atoms with van der Waals surface area (Å²) in [5.74, 6) is 0.347. The van der Waals surface area contributed by atoms with Crippen molar-refractivity contribution in [3.8, 4) is 0 Å². The van der Waals surface area contributed by atoms with Crippen molar-refractivity contribution in [1.29, 1.82) is 0 Å². The molecule has 2 aliphatic heterocycles. The minimum absolute atomic E-state index is 0.338. The van der Waals surface area contributed by atoms with Gasteiger partial charge in [0.2, 0.25) is 0 Å². The molecule has 0 aliphatic carbocycles. The fourth-order valence-electron chi connectivity index (χ4n) is 2.88. The zero-order chi connectivity index (χ0) is 14.7. The van der Waals surface area contributed by atoms with Crippen LogP contribution in [-0.4, -0.2) is 68.9 Å². The summed E-state index contributed by atoms with van der Waals surface area (Å²) >= 11 is 0. The molecule has 0 radical (unpaired) electrons. The molecule has 3 heterocycles. The number of hydrogen-bond acceptors (Lipinski definition) is 6. The number of nitrogens with zero attached hydrogens (tertiary/aromatic N) is 3. The van der Waals surface area contributed by atoms with Gasteiger partial charge in [0.05, 0.1) is 37.8 Å². The van der Waals surface area contributed by atoms with Gasteiger partial charge in [-0.15, -0.1) is 0 Å². The van der Waals surface area contributed by atoms with Crippen molar-refractivity contribution in [3.05, 3.63) is 24.0 Å². The molecule has 2 aliphatic rings. The highest BCUT2D eigenvalue weighted by atomic mass is 16.5. The minimum atomic E-state index is -0.338. The maximum atomic E-state index is 11.5. The molecule has 0 unspecified atom stereocenters. The quantitative estimate of drug-likeness (QED) is 0.759. The van der Waals surface area contributed by atoms with Crippen LogP contribution in [0.1, 0.15) is 10.4 Å². The van der Waals surface area contributed by atoms with E-state index in [9.17, 15) is 4.79 Å². The van der Waals surface area contributed by atoms with Gasteiger partial charge >= 0.3 is 5.97 Å². The third-order valence-corrected chi connectivity index (χ3v) is 4.09. The van der Waals surface area contributed by atoms with Crippen molar-refractivity contribution >= 4 is 11.7 Å². The first-order valence-electron chi connectivity index (χ1n) is 7.34. The second-order valence-corrected chi connectivity index (χ2v) is 5.61. The van der Waals surface area contributed by atoms with Crippen LogP contribution in [0.15, 0.2) is 18.5 Å². The Morgan fingerprint density at radius 1 is 1.38 bits per heavy atom. The van der Waals surface area contributed by atoms with E-state index in [4.69, 9.17) is 9.47 Å². The molecule has 1 aromatic heterocycles. The fourth-order valence-corrected chi connectivity index (χ4v) is 2.88. The van der Waals surface area contributed by atoms with Crippen LogP contribution in [0.3, 0.4) is 0 Å². The van der Waals surface area contributed by atoms with E-state index in [2.05, 4.69) is 14.8 Å². The Labute approximate surface area is 124 Å². The van der Waals surface area contributed by atoms with Crippen LogP contribution >= 0.6 is 0 Å². The van der Waals surface area contributed by atoms with Crippen LogP contribution < -0.4 is 4.90 Å². The van der Waals surface area contributed by atoms with Crippen LogP contribution in [0.4, 0.5) is 5.69 Å². The number of esters is 1. The van der Waals surface area contributed by atoms with Gasteiger partial charge in [-0.2, -0.15) is 0 Å². The number of carbonyl (C=O) groups excluding carboxylic acids is 1. The highest BCUT2D eigenvalue weighted by Crippen LogP contribution is 2.25. The SMILES string of the molecule is COC(=O)c1cncc(N2CC(CN3CCOCC3)C2)c1. The molecule has 2 fully saturated rings. The Hall–Kier alpha value is -1.66. The summed E-state index contributed by atoms with van der Waals surface area (Å²) in [7, 11) is 1.39. The van der Waals surface area contributed by atoms with Gasteiger partial charge < -0.3 is 14.4 Å². The van der Waals surface area contributed by atoms with E-state index >= 15 is 0 Å². The van der Waals surface area contributed by atoms with Gasteiger partial charge in [-0.3, -0.25) is 9.88 Å². The molecule has 0 N–H and O–H groups in total. The zero-order valence-electron chi connectivity index (χ0n) is 12.3. The van der Waals surface area contributed by atoms with Crippen molar-refractivity contribution in [2.75, 3.05) is 57.9 Å². The lowest BCUT2D eigenvalue weighted by Gasteiger charge is -2.43. The molecular formula is C15H21N3O3. The first kappa shape index (κ1) is 14.3. The Morgan fingerprint density at radius 3 is 2.86 bits per heavy atom. The summed E-state index contributed by atoms with van der Waals surface area (Å²) in [6, 6.07) is 1.85. The average Bonchev–Trinajstić information content (AvgIpc) is 2.51. The topological polar surface area (TPSA) is 54.9 Å². The van der Waals surface area contributed by atoms with E-state index in [0.29, 0.717) is 11.5 Å². The molecule has 6 heteroatoms. The number of rotatable bonds is 4. The second kappa shape index (κ2) is 6.41. The van der Waals surface area contributed by atoms with Gasteiger partial charge in [0, 0.05) is 44.8 Å². The van der Waals surface area contributed by atoms with Crippen LogP contribution in [0.5, 0.6) is 0 Å². The molecule has 21 heavy (non-hydrogen) atoms. The van der Waals surface area contributed by atoms with Crippen LogP contribution in [0, 0.1) is 5.92 Å². The Kier molecular flexibility index (Phi) is 4.36. The van der Waals surface area contributed by atoms with Gasteiger partial charge in [-0.25, -0.2) is 4.79 Å². The number of carbonyl (C=O) groups is 1. The van der Waals surface area contributed by atoms with Crippen molar-refractivity contribution in [2.45, 2.75) is 0 Å². The molecule has 0 bridgehead atoms. The Balaban J connectivity index is 1.52. The number of morpholine rings is 1. The first-order chi connectivity index (χ1) is 10.3. The predicted molar refractivity (Wildman–Crippen MR) is 78.5 cm³/mol. The highest BCUT2D eigenvalue weighted by Gasteiger charge is 2.29. The molecule has 1 aromatic rings. The molecule has 0 saturated carbocycles. The summed E-state index contributed by atoms with van der Waals surface area (Å²) in [5, 5.41) is 0. The number of aromatic nitrogens is 1. The summed E-state index contributed by atoms with van der Waals surface area (Å²) in [6.07, 6.45) is 3.34. The second-order valence-electron chi connectivity index (χ2n) is 5.61. The van der Waals surface area contributed by atoms with Crippen molar-refractivity contribution < 1.29 is 14.3 Å². The smallest absolute Gasteiger partial charge is 0.339 e. The van der Waals surface area contributed by atoms with E-state index in [0.717, 1.165) is 51.6 Å². The third-order valence-electron chi connectivity index (χ3n) is 4.09. The number of pyridine rings is 1. The fraction of sp³-hybridized carbons (Fsp3) is 0.600. The van der Waals surface area contributed by atoms with Crippen LogP contribution in [0.25, 0.3) is 0 Å². The lowest BCUT2D eigenvalue weighted by molar-refractivity contribution is 0.0286. The molecule has 2 saturated heterocycles. The summed E-state index contributed by atoms with van der Waals surface area (Å²) in [4.78, 5) is 20.4. The van der Waals surface area contributed by atoms with Crippen molar-refractivity contribution in [1.82, 2.24) is 9.88 Å². The zero-order valence-corrected chi connectivity index (χ0v) is 12.3. The molecule has 114 valence electrons. The standard InChI is InChI=1S/C15H21N3O3/c1-20-15(19)13-6-14(8-16-7-13)18-10-12(11-18)9-17-2-4-21-5-3-17/h6-8,12H,2-5,9-11H2,1H3. The normalized spacial score (nSPS) is 20.1.